The van der Waals surface area contributed by atoms with E-state index < -0.39 is 16.0 Å². The second kappa shape index (κ2) is 7.63. The first kappa shape index (κ1) is 18.9. The summed E-state index contributed by atoms with van der Waals surface area (Å²) in [5, 5.41) is 9.17. The van der Waals surface area contributed by atoms with Gasteiger partial charge in [0.1, 0.15) is 0 Å². The Kier molecular flexibility index (Phi) is 6.01. The molecule has 0 amide bonds. The highest BCUT2D eigenvalue weighted by Gasteiger charge is 2.32. The first-order valence-corrected chi connectivity index (χ1v) is 9.81. The van der Waals surface area contributed by atoms with Gasteiger partial charge in [-0.3, -0.25) is 0 Å². The van der Waals surface area contributed by atoms with Gasteiger partial charge in [-0.15, -0.1) is 0 Å². The summed E-state index contributed by atoms with van der Waals surface area (Å²) in [6.07, 6.45) is 2.13. The number of carboxylic acid groups (broad SMARTS) is 1. The van der Waals surface area contributed by atoms with Crippen LogP contribution in [0.3, 0.4) is 0 Å². The van der Waals surface area contributed by atoms with Crippen molar-refractivity contribution in [2.24, 2.45) is 0 Å². The highest BCUT2D eigenvalue weighted by atomic mass is 32.2. The van der Waals surface area contributed by atoms with Gasteiger partial charge in [-0.1, -0.05) is 19.9 Å². The fourth-order valence-corrected chi connectivity index (χ4v) is 4.90. The molecule has 0 radical (unpaired) electrons. The van der Waals surface area contributed by atoms with E-state index in [-0.39, 0.29) is 16.5 Å². The first-order valence-electron chi connectivity index (χ1n) is 8.37. The molecule has 1 aromatic carbocycles. The molecule has 1 aliphatic rings. The zero-order valence-corrected chi connectivity index (χ0v) is 15.3. The van der Waals surface area contributed by atoms with Crippen LogP contribution in [-0.2, 0) is 16.4 Å². The van der Waals surface area contributed by atoms with Gasteiger partial charge in [-0.25, -0.2) is 13.2 Å². The number of benzene rings is 1. The third kappa shape index (κ3) is 3.79. The highest BCUT2D eigenvalue weighted by molar-refractivity contribution is 7.89. The van der Waals surface area contributed by atoms with Gasteiger partial charge in [0, 0.05) is 13.1 Å². The second-order valence-electron chi connectivity index (χ2n) is 6.17. The van der Waals surface area contributed by atoms with Gasteiger partial charge in [0.05, 0.1) is 10.5 Å². The second-order valence-corrected chi connectivity index (χ2v) is 8.13. The van der Waals surface area contributed by atoms with E-state index in [1.807, 2.05) is 6.92 Å². The largest absolute Gasteiger partial charge is 0.478 e. The van der Waals surface area contributed by atoms with E-state index in [4.69, 9.17) is 5.11 Å². The molecule has 7 heteroatoms. The van der Waals surface area contributed by atoms with Crippen molar-refractivity contribution < 1.29 is 18.3 Å². The van der Waals surface area contributed by atoms with Gasteiger partial charge in [-0.2, -0.15) is 4.31 Å². The summed E-state index contributed by atoms with van der Waals surface area (Å²) in [5.41, 5.74) is 0.651. The Hall–Kier alpha value is -1.44. The molecule has 1 aliphatic heterocycles. The maximum absolute atomic E-state index is 13.1. The predicted octanol–water partition coefficient (Wildman–Crippen LogP) is 2.05. The number of likely N-dealkylation sites (tertiary alicyclic amines) is 1. The molecule has 1 N–H and O–H groups in total. The summed E-state index contributed by atoms with van der Waals surface area (Å²) in [4.78, 5) is 13.6. The topological polar surface area (TPSA) is 77.9 Å². The molecular weight excluding hydrogens is 328 g/mol. The van der Waals surface area contributed by atoms with Crippen molar-refractivity contribution in [3.63, 3.8) is 0 Å². The van der Waals surface area contributed by atoms with E-state index >= 15 is 0 Å². The summed E-state index contributed by atoms with van der Waals surface area (Å²) >= 11 is 0. The van der Waals surface area contributed by atoms with E-state index in [0.29, 0.717) is 12.0 Å². The van der Waals surface area contributed by atoms with Crippen LogP contribution in [0.25, 0.3) is 0 Å². The molecule has 0 aromatic heterocycles. The molecule has 0 atom stereocenters. The molecule has 0 saturated carbocycles. The lowest BCUT2D eigenvalue weighted by Crippen LogP contribution is -2.45. The summed E-state index contributed by atoms with van der Waals surface area (Å²) in [6.45, 7) is 6.72. The van der Waals surface area contributed by atoms with Gasteiger partial charge in [0.25, 0.3) is 0 Å². The average molecular weight is 354 g/mol. The molecule has 134 valence electrons. The third-order valence-electron chi connectivity index (χ3n) is 4.87. The quantitative estimate of drug-likeness (QED) is 0.846. The van der Waals surface area contributed by atoms with Crippen molar-refractivity contribution in [2.75, 3.05) is 26.7 Å². The van der Waals surface area contributed by atoms with Crippen LogP contribution in [0, 0.1) is 0 Å². The summed E-state index contributed by atoms with van der Waals surface area (Å²) in [7, 11) is -2.10. The van der Waals surface area contributed by atoms with Crippen LogP contribution in [0.4, 0.5) is 0 Å². The molecule has 24 heavy (non-hydrogen) atoms. The van der Waals surface area contributed by atoms with Crippen molar-refractivity contribution in [1.82, 2.24) is 9.21 Å². The molecule has 0 spiro atoms. The van der Waals surface area contributed by atoms with Gasteiger partial charge in [0.2, 0.25) is 10.0 Å². The monoisotopic (exact) mass is 354 g/mol. The Morgan fingerprint density at radius 3 is 2.42 bits per heavy atom. The molecule has 2 rings (SSSR count). The van der Waals surface area contributed by atoms with Crippen molar-refractivity contribution in [3.8, 4) is 0 Å². The zero-order chi connectivity index (χ0) is 17.9. The molecule has 1 saturated heterocycles. The Morgan fingerprint density at radius 2 is 1.92 bits per heavy atom. The van der Waals surface area contributed by atoms with Gasteiger partial charge in [0.15, 0.2) is 0 Å². The van der Waals surface area contributed by atoms with Crippen LogP contribution in [0.5, 0.6) is 0 Å². The lowest BCUT2D eigenvalue weighted by atomic mass is 10.1. The number of aromatic carboxylic acids is 1. The minimum Gasteiger partial charge on any atom is -0.478 e. The standard InChI is InChI=1S/C17H26N2O4S/c1-4-13-6-7-14(17(20)21)12-16(13)24(22,23)18(3)15-8-10-19(5-2)11-9-15/h6-7,12,15H,4-5,8-11H2,1-3H3,(H,20,21). The minimum absolute atomic E-state index is 0.0000210. The van der Waals surface area contributed by atoms with E-state index in [2.05, 4.69) is 11.8 Å². The van der Waals surface area contributed by atoms with Crippen molar-refractivity contribution >= 4 is 16.0 Å². The molecule has 0 unspecified atom stereocenters. The van der Waals surface area contributed by atoms with Crippen molar-refractivity contribution in [3.05, 3.63) is 29.3 Å². The minimum atomic E-state index is -3.71. The SMILES string of the molecule is CCc1ccc(C(=O)O)cc1S(=O)(=O)N(C)C1CCN(CC)CC1. The maximum Gasteiger partial charge on any atom is 0.335 e. The van der Waals surface area contributed by atoms with E-state index in [1.165, 1.54) is 16.4 Å². The lowest BCUT2D eigenvalue weighted by molar-refractivity contribution is 0.0696. The molecular formula is C17H26N2O4S. The smallest absolute Gasteiger partial charge is 0.335 e. The molecule has 0 bridgehead atoms. The van der Waals surface area contributed by atoms with Crippen LogP contribution >= 0.6 is 0 Å². The van der Waals surface area contributed by atoms with Gasteiger partial charge < -0.3 is 10.0 Å². The Bertz CT molecular complexity index is 695. The Labute approximate surface area is 144 Å². The fraction of sp³-hybridized carbons (Fsp3) is 0.588. The number of nitrogens with zero attached hydrogens (tertiary/aromatic N) is 2. The maximum atomic E-state index is 13.1. The third-order valence-corrected chi connectivity index (χ3v) is 6.86. The number of rotatable bonds is 6. The van der Waals surface area contributed by atoms with E-state index in [9.17, 15) is 13.2 Å². The number of carboxylic acids is 1. The molecule has 1 fully saturated rings. The molecule has 1 aromatic rings. The fourth-order valence-electron chi connectivity index (χ4n) is 3.17. The number of aryl methyl sites for hydroxylation is 1. The van der Waals surface area contributed by atoms with Crippen LogP contribution < -0.4 is 0 Å². The summed E-state index contributed by atoms with van der Waals surface area (Å²) in [6, 6.07) is 4.30. The first-order chi connectivity index (χ1) is 11.3. The number of hydrogen-bond acceptors (Lipinski definition) is 4. The van der Waals surface area contributed by atoms with E-state index in [0.717, 1.165) is 32.5 Å². The molecule has 0 aliphatic carbocycles. The summed E-state index contributed by atoms with van der Waals surface area (Å²) < 4.78 is 27.5. The van der Waals surface area contributed by atoms with E-state index in [1.54, 1.807) is 13.1 Å². The number of sulfonamides is 1. The Morgan fingerprint density at radius 1 is 1.29 bits per heavy atom. The lowest BCUT2D eigenvalue weighted by Gasteiger charge is -2.35. The van der Waals surface area contributed by atoms with Crippen LogP contribution in [0.1, 0.15) is 42.6 Å². The molecule has 1 heterocycles. The van der Waals surface area contributed by atoms with Crippen molar-refractivity contribution in [1.29, 1.82) is 0 Å². The van der Waals surface area contributed by atoms with Gasteiger partial charge in [-0.05, 0) is 56.6 Å². The van der Waals surface area contributed by atoms with Crippen molar-refractivity contribution in [2.45, 2.75) is 44.0 Å². The van der Waals surface area contributed by atoms with Gasteiger partial charge >= 0.3 is 5.97 Å². The number of carbonyl (C=O) groups is 1. The molecule has 6 nitrogen and oxygen atoms in total. The zero-order valence-electron chi connectivity index (χ0n) is 14.5. The van der Waals surface area contributed by atoms with Crippen LogP contribution in [0.15, 0.2) is 23.1 Å². The number of hydrogen-bond donors (Lipinski definition) is 1. The normalized spacial score (nSPS) is 17.3. The number of piperidine rings is 1. The summed E-state index contributed by atoms with van der Waals surface area (Å²) in [5.74, 6) is -1.12. The predicted molar refractivity (Wildman–Crippen MR) is 92.9 cm³/mol. The Balaban J connectivity index is 2.32. The van der Waals surface area contributed by atoms with Crippen LogP contribution in [0.2, 0.25) is 0 Å². The highest BCUT2D eigenvalue weighted by Crippen LogP contribution is 2.26. The van der Waals surface area contributed by atoms with Crippen LogP contribution in [-0.4, -0.2) is 61.4 Å². The average Bonchev–Trinajstić information content (AvgIpc) is 2.60.